The maximum Gasteiger partial charge on any atom is 0.350 e. The standard InChI is InChI=1S/C24H14N6S3/c1-23(2)11-7-15(29-13(9-25)27-5)31-19(11)21-17(23)18-22(33-21)20-12(24(18,3)4)8-16(32-20)30-14(10-26)28-6/h7-8H,1-4H3. The molecule has 3 aromatic rings. The minimum Gasteiger partial charge on any atom is -0.351 e. The van der Waals surface area contributed by atoms with Gasteiger partial charge >= 0.3 is 11.7 Å². The lowest BCUT2D eigenvalue weighted by atomic mass is 9.74. The Hall–Kier alpha value is -3.60. The van der Waals surface area contributed by atoms with Crippen LogP contribution in [0, 0.1) is 35.8 Å². The van der Waals surface area contributed by atoms with Crippen molar-refractivity contribution in [2.75, 3.05) is 0 Å². The SMILES string of the molecule is [C-]#[N+]C(C#N)=Nc1cc2c(s1)-c1sc3c(c1C2(C)C)C(C)(C)c1cc(N=C(C#N)[N+]#[C-])sc1-3. The maximum absolute atomic E-state index is 9.08. The molecule has 158 valence electrons. The van der Waals surface area contributed by atoms with Gasteiger partial charge in [-0.2, -0.15) is 0 Å². The third kappa shape index (κ3) is 2.78. The highest BCUT2D eigenvalue weighted by Gasteiger charge is 2.50. The minimum absolute atomic E-state index is 0.157. The van der Waals surface area contributed by atoms with Gasteiger partial charge in [0.25, 0.3) is 0 Å². The summed E-state index contributed by atoms with van der Waals surface area (Å²) in [5.74, 6) is -0.314. The zero-order valence-electron chi connectivity index (χ0n) is 18.1. The van der Waals surface area contributed by atoms with Crippen LogP contribution in [0.15, 0.2) is 22.1 Å². The molecule has 0 saturated heterocycles. The highest BCUT2D eigenvalue weighted by atomic mass is 32.1. The number of nitrogens with zero attached hydrogens (tertiary/aromatic N) is 6. The number of amidine groups is 2. The van der Waals surface area contributed by atoms with E-state index in [0.717, 1.165) is 9.75 Å². The molecule has 5 rings (SSSR count). The van der Waals surface area contributed by atoms with E-state index in [2.05, 4.69) is 47.4 Å². The second-order valence-corrected chi connectivity index (χ2v) is 11.8. The number of rotatable bonds is 2. The summed E-state index contributed by atoms with van der Waals surface area (Å²) < 4.78 is 0. The van der Waals surface area contributed by atoms with Crippen molar-refractivity contribution in [1.82, 2.24) is 0 Å². The molecule has 2 aliphatic rings. The van der Waals surface area contributed by atoms with Crippen LogP contribution in [-0.4, -0.2) is 11.7 Å². The fourth-order valence-electron chi connectivity index (χ4n) is 4.70. The lowest BCUT2D eigenvalue weighted by Crippen LogP contribution is -2.22. The Balaban J connectivity index is 1.70. The number of hydrogen-bond acceptors (Lipinski definition) is 7. The van der Waals surface area contributed by atoms with E-state index in [1.165, 1.54) is 54.7 Å². The highest BCUT2D eigenvalue weighted by molar-refractivity contribution is 7.29. The summed E-state index contributed by atoms with van der Waals surface area (Å²) in [6.45, 7) is 23.1. The Bertz CT molecular complexity index is 1460. The first-order valence-corrected chi connectivity index (χ1v) is 12.3. The molecule has 33 heavy (non-hydrogen) atoms. The molecule has 0 bridgehead atoms. The lowest BCUT2D eigenvalue weighted by molar-refractivity contribution is 0.604. The average Bonchev–Trinajstić information content (AvgIpc) is 3.54. The van der Waals surface area contributed by atoms with Crippen molar-refractivity contribution in [2.24, 2.45) is 9.98 Å². The van der Waals surface area contributed by atoms with Gasteiger partial charge < -0.3 is 9.69 Å². The first-order chi connectivity index (χ1) is 15.7. The summed E-state index contributed by atoms with van der Waals surface area (Å²) >= 11 is 4.81. The topological polar surface area (TPSA) is 81.0 Å². The molecule has 0 N–H and O–H groups in total. The molecule has 0 saturated carbocycles. The summed E-state index contributed by atoms with van der Waals surface area (Å²) in [6.07, 6.45) is 0. The smallest absolute Gasteiger partial charge is 0.350 e. The number of aliphatic imine (C=N–C) groups is 2. The van der Waals surface area contributed by atoms with Crippen LogP contribution in [0.3, 0.4) is 0 Å². The van der Waals surface area contributed by atoms with Crippen LogP contribution in [0.1, 0.15) is 49.9 Å². The first-order valence-electron chi connectivity index (χ1n) is 9.87. The second kappa shape index (κ2) is 6.95. The maximum atomic E-state index is 9.08. The highest BCUT2D eigenvalue weighted by Crippen LogP contribution is 2.66. The Morgan fingerprint density at radius 2 is 1.15 bits per heavy atom. The summed E-state index contributed by atoms with van der Waals surface area (Å²) in [6, 6.07) is 7.71. The molecule has 0 atom stereocenters. The summed E-state index contributed by atoms with van der Waals surface area (Å²) in [4.78, 5) is 19.6. The van der Waals surface area contributed by atoms with Crippen LogP contribution in [0.4, 0.5) is 10.0 Å². The molecule has 2 aliphatic carbocycles. The van der Waals surface area contributed by atoms with Gasteiger partial charge in [-0.05, 0) is 22.3 Å². The minimum atomic E-state index is -0.228. The van der Waals surface area contributed by atoms with E-state index >= 15 is 0 Å². The average molecular weight is 483 g/mol. The number of nitriles is 2. The molecule has 0 amide bonds. The predicted molar refractivity (Wildman–Crippen MR) is 134 cm³/mol. The van der Waals surface area contributed by atoms with Crippen LogP contribution in [0.5, 0.6) is 0 Å². The summed E-state index contributed by atoms with van der Waals surface area (Å²) in [5.41, 5.74) is 4.59. The molecule has 9 heteroatoms. The fraction of sp³-hybridized carbons (Fsp3) is 0.250. The van der Waals surface area contributed by atoms with Crippen LogP contribution in [0.25, 0.3) is 29.2 Å². The van der Waals surface area contributed by atoms with Crippen LogP contribution < -0.4 is 0 Å². The summed E-state index contributed by atoms with van der Waals surface area (Å²) in [7, 11) is 0. The molecule has 3 heterocycles. The Morgan fingerprint density at radius 3 is 1.48 bits per heavy atom. The molecular weight excluding hydrogens is 469 g/mol. The molecule has 0 fully saturated rings. The van der Waals surface area contributed by atoms with Crippen molar-refractivity contribution in [3.8, 4) is 31.6 Å². The predicted octanol–water partition coefficient (Wildman–Crippen LogP) is 7.43. The van der Waals surface area contributed by atoms with E-state index in [1.807, 2.05) is 24.3 Å². The van der Waals surface area contributed by atoms with Gasteiger partial charge in [0.05, 0.1) is 9.75 Å². The molecule has 0 spiro atoms. The molecular formula is C24H14N6S3. The van der Waals surface area contributed by atoms with Gasteiger partial charge in [0.1, 0.15) is 12.1 Å². The molecule has 0 unspecified atom stereocenters. The van der Waals surface area contributed by atoms with Crippen LogP contribution >= 0.6 is 34.0 Å². The third-order valence-electron chi connectivity index (χ3n) is 6.20. The monoisotopic (exact) mass is 482 g/mol. The van der Waals surface area contributed by atoms with Crippen molar-refractivity contribution in [3.05, 3.63) is 57.2 Å². The fourth-order valence-corrected chi connectivity index (χ4v) is 9.01. The molecule has 0 aliphatic heterocycles. The third-order valence-corrected chi connectivity index (χ3v) is 9.78. The summed E-state index contributed by atoms with van der Waals surface area (Å²) in [5, 5.41) is 19.5. The van der Waals surface area contributed by atoms with Crippen molar-refractivity contribution in [2.45, 2.75) is 38.5 Å². The Labute approximate surface area is 203 Å². The Morgan fingerprint density at radius 1 is 0.758 bits per heavy atom. The van der Waals surface area contributed by atoms with E-state index in [4.69, 9.17) is 23.7 Å². The van der Waals surface area contributed by atoms with Crippen LogP contribution in [0.2, 0.25) is 0 Å². The molecule has 3 aromatic heterocycles. The van der Waals surface area contributed by atoms with Gasteiger partial charge in [-0.15, -0.1) is 11.3 Å². The largest absolute Gasteiger partial charge is 0.351 e. The van der Waals surface area contributed by atoms with Crippen molar-refractivity contribution >= 4 is 55.7 Å². The Kier molecular flexibility index (Phi) is 4.47. The van der Waals surface area contributed by atoms with Gasteiger partial charge in [0.2, 0.25) is 10.0 Å². The van der Waals surface area contributed by atoms with Gasteiger partial charge in [0.15, 0.2) is 0 Å². The zero-order valence-corrected chi connectivity index (χ0v) is 20.5. The first kappa shape index (κ1) is 21.3. The van der Waals surface area contributed by atoms with Crippen molar-refractivity contribution < 1.29 is 0 Å². The number of thiophene rings is 3. The van der Waals surface area contributed by atoms with E-state index in [1.54, 1.807) is 11.3 Å². The van der Waals surface area contributed by atoms with Gasteiger partial charge in [-0.25, -0.2) is 10.5 Å². The molecule has 0 radical (unpaired) electrons. The van der Waals surface area contributed by atoms with E-state index in [0.29, 0.717) is 10.0 Å². The number of hydrogen-bond donors (Lipinski definition) is 0. The van der Waals surface area contributed by atoms with Crippen LogP contribution in [-0.2, 0) is 10.8 Å². The number of fused-ring (bicyclic) bond motifs is 7. The zero-order chi connectivity index (χ0) is 23.7. The molecule has 0 aromatic carbocycles. The van der Waals surface area contributed by atoms with Gasteiger partial charge in [-0.3, -0.25) is 0 Å². The van der Waals surface area contributed by atoms with Gasteiger partial charge in [-0.1, -0.05) is 73.5 Å². The second-order valence-electron chi connectivity index (χ2n) is 8.73. The lowest BCUT2D eigenvalue weighted by Gasteiger charge is -2.27. The van der Waals surface area contributed by atoms with E-state index in [-0.39, 0.29) is 22.5 Å². The molecule has 6 nitrogen and oxygen atoms in total. The van der Waals surface area contributed by atoms with Crippen molar-refractivity contribution in [3.63, 3.8) is 0 Å². The quantitative estimate of drug-likeness (QED) is 0.216. The van der Waals surface area contributed by atoms with Gasteiger partial charge in [0, 0.05) is 32.7 Å². The normalized spacial score (nSPS) is 16.6. The van der Waals surface area contributed by atoms with Crippen molar-refractivity contribution in [1.29, 1.82) is 10.5 Å². The van der Waals surface area contributed by atoms with E-state index < -0.39 is 0 Å². The van der Waals surface area contributed by atoms with E-state index in [9.17, 15) is 0 Å².